The van der Waals surface area contributed by atoms with Gasteiger partial charge in [0, 0.05) is 18.8 Å². The van der Waals surface area contributed by atoms with Gasteiger partial charge in [0.15, 0.2) is 5.82 Å². The number of nitrogens with zero attached hydrogens (tertiary/aromatic N) is 2. The molecule has 21 heavy (non-hydrogen) atoms. The smallest absolute Gasteiger partial charge is 0.226 e. The predicted octanol–water partition coefficient (Wildman–Crippen LogP) is 1.69. The predicted molar refractivity (Wildman–Crippen MR) is 75.6 cm³/mol. The Hall–Kier alpha value is -1.43. The quantitative estimate of drug-likeness (QED) is 0.833. The van der Waals surface area contributed by atoms with Crippen molar-refractivity contribution in [2.24, 2.45) is 0 Å². The molecule has 2 N–H and O–H groups in total. The van der Waals surface area contributed by atoms with Gasteiger partial charge in [-0.3, -0.25) is 4.79 Å². The van der Waals surface area contributed by atoms with Crippen molar-refractivity contribution in [1.29, 1.82) is 0 Å². The fourth-order valence-electron chi connectivity index (χ4n) is 2.84. The zero-order valence-electron chi connectivity index (χ0n) is 12.3. The molecular formula is C15H23N3O3. The van der Waals surface area contributed by atoms with E-state index in [1.54, 1.807) is 0 Å². The zero-order valence-corrected chi connectivity index (χ0v) is 12.3. The van der Waals surface area contributed by atoms with Crippen LogP contribution in [-0.4, -0.2) is 33.3 Å². The van der Waals surface area contributed by atoms with Crippen LogP contribution in [0, 0.1) is 0 Å². The Morgan fingerprint density at radius 2 is 2.10 bits per heavy atom. The molecule has 0 spiro atoms. The highest BCUT2D eigenvalue weighted by molar-refractivity contribution is 5.76. The molecule has 1 aromatic heterocycles. The molecule has 0 aliphatic heterocycles. The first-order chi connectivity index (χ1) is 10.2. The van der Waals surface area contributed by atoms with Crippen LogP contribution in [0.3, 0.4) is 0 Å². The molecule has 0 bridgehead atoms. The number of nitrogens with one attached hydrogen (secondary N) is 1. The number of rotatable bonds is 6. The number of aliphatic hydroxyl groups excluding tert-OH is 1. The van der Waals surface area contributed by atoms with Crippen LogP contribution in [0.4, 0.5) is 0 Å². The molecule has 1 heterocycles. The minimum absolute atomic E-state index is 0.00267. The molecule has 2 atom stereocenters. The van der Waals surface area contributed by atoms with Crippen LogP contribution in [0.1, 0.15) is 69.0 Å². The van der Waals surface area contributed by atoms with E-state index in [0.717, 1.165) is 44.3 Å². The highest BCUT2D eigenvalue weighted by Gasteiger charge is 2.28. The lowest BCUT2D eigenvalue weighted by Gasteiger charge is -2.28. The van der Waals surface area contributed by atoms with Crippen molar-refractivity contribution in [1.82, 2.24) is 15.5 Å². The van der Waals surface area contributed by atoms with E-state index in [0.29, 0.717) is 31.1 Å². The average molecular weight is 293 g/mol. The minimum atomic E-state index is -0.389. The molecule has 2 unspecified atom stereocenters. The SMILES string of the molecule is O=C(CCCc1nc(C2CC2)no1)NC1CCCCC1O. The van der Waals surface area contributed by atoms with Gasteiger partial charge in [-0.1, -0.05) is 18.0 Å². The highest BCUT2D eigenvalue weighted by Crippen LogP contribution is 2.38. The van der Waals surface area contributed by atoms with Crippen molar-refractivity contribution < 1.29 is 14.4 Å². The summed E-state index contributed by atoms with van der Waals surface area (Å²) in [5, 5.41) is 16.7. The summed E-state index contributed by atoms with van der Waals surface area (Å²) in [6.07, 6.45) is 7.49. The summed E-state index contributed by atoms with van der Waals surface area (Å²) in [6, 6.07) is -0.0730. The molecule has 0 saturated heterocycles. The number of aliphatic hydroxyl groups is 1. The number of aryl methyl sites for hydroxylation is 1. The van der Waals surface area contributed by atoms with Crippen molar-refractivity contribution in [2.75, 3.05) is 0 Å². The van der Waals surface area contributed by atoms with Gasteiger partial charge in [-0.25, -0.2) is 0 Å². The maximum atomic E-state index is 11.9. The first-order valence-corrected chi connectivity index (χ1v) is 8.02. The van der Waals surface area contributed by atoms with Gasteiger partial charge in [-0.2, -0.15) is 4.98 Å². The van der Waals surface area contributed by atoms with E-state index in [2.05, 4.69) is 15.5 Å². The van der Waals surface area contributed by atoms with Crippen LogP contribution in [0.5, 0.6) is 0 Å². The zero-order chi connectivity index (χ0) is 14.7. The Morgan fingerprint density at radius 3 is 2.86 bits per heavy atom. The second-order valence-corrected chi connectivity index (χ2v) is 6.20. The van der Waals surface area contributed by atoms with Crippen molar-refractivity contribution in [3.05, 3.63) is 11.7 Å². The van der Waals surface area contributed by atoms with E-state index in [-0.39, 0.29) is 18.1 Å². The first kappa shape index (κ1) is 14.5. The monoisotopic (exact) mass is 293 g/mol. The summed E-state index contributed by atoms with van der Waals surface area (Å²) in [5.41, 5.74) is 0. The van der Waals surface area contributed by atoms with E-state index in [1.165, 1.54) is 0 Å². The minimum Gasteiger partial charge on any atom is -0.391 e. The molecule has 3 rings (SSSR count). The number of hydrogen-bond acceptors (Lipinski definition) is 5. The molecular weight excluding hydrogens is 270 g/mol. The fraction of sp³-hybridized carbons (Fsp3) is 0.800. The van der Waals surface area contributed by atoms with Gasteiger partial charge in [-0.05, 0) is 32.1 Å². The van der Waals surface area contributed by atoms with Crippen molar-refractivity contribution in [2.45, 2.75) is 75.9 Å². The van der Waals surface area contributed by atoms with E-state index in [4.69, 9.17) is 4.52 Å². The number of aromatic nitrogens is 2. The van der Waals surface area contributed by atoms with E-state index >= 15 is 0 Å². The van der Waals surface area contributed by atoms with Gasteiger partial charge in [0.25, 0.3) is 0 Å². The van der Waals surface area contributed by atoms with Crippen LogP contribution >= 0.6 is 0 Å². The standard InChI is InChI=1S/C15H23N3O3/c19-12-5-2-1-4-11(12)16-13(20)6-3-7-14-17-15(18-21-14)10-8-9-10/h10-12,19H,1-9H2,(H,16,20). The van der Waals surface area contributed by atoms with Crippen molar-refractivity contribution in [3.8, 4) is 0 Å². The second kappa shape index (κ2) is 6.56. The Bertz CT molecular complexity index is 484. The van der Waals surface area contributed by atoms with Crippen LogP contribution in [0.2, 0.25) is 0 Å². The number of amides is 1. The van der Waals surface area contributed by atoms with Crippen LogP contribution < -0.4 is 5.32 Å². The maximum absolute atomic E-state index is 11.9. The lowest BCUT2D eigenvalue weighted by Crippen LogP contribution is -2.45. The Balaban J connectivity index is 1.36. The summed E-state index contributed by atoms with van der Waals surface area (Å²) in [7, 11) is 0. The molecule has 2 aliphatic rings. The number of carbonyl (C=O) groups is 1. The summed E-state index contributed by atoms with van der Waals surface area (Å²) >= 11 is 0. The third-order valence-corrected chi connectivity index (χ3v) is 4.30. The third kappa shape index (κ3) is 4.03. The first-order valence-electron chi connectivity index (χ1n) is 8.02. The van der Waals surface area contributed by atoms with Crippen LogP contribution in [-0.2, 0) is 11.2 Å². The van der Waals surface area contributed by atoms with E-state index in [9.17, 15) is 9.90 Å². The third-order valence-electron chi connectivity index (χ3n) is 4.30. The molecule has 2 fully saturated rings. The summed E-state index contributed by atoms with van der Waals surface area (Å²) < 4.78 is 5.18. The van der Waals surface area contributed by atoms with Gasteiger partial charge in [0.1, 0.15) is 0 Å². The fourth-order valence-corrected chi connectivity index (χ4v) is 2.84. The van der Waals surface area contributed by atoms with Gasteiger partial charge in [-0.15, -0.1) is 0 Å². The number of carbonyl (C=O) groups excluding carboxylic acids is 1. The molecule has 116 valence electrons. The Kier molecular flexibility index (Phi) is 4.53. The molecule has 0 radical (unpaired) electrons. The lowest BCUT2D eigenvalue weighted by molar-refractivity contribution is -0.123. The van der Waals surface area contributed by atoms with Gasteiger partial charge in [0.05, 0.1) is 12.1 Å². The van der Waals surface area contributed by atoms with Crippen molar-refractivity contribution in [3.63, 3.8) is 0 Å². The Morgan fingerprint density at radius 1 is 1.29 bits per heavy atom. The molecule has 2 saturated carbocycles. The Labute approximate surface area is 124 Å². The van der Waals surface area contributed by atoms with E-state index < -0.39 is 0 Å². The summed E-state index contributed by atoms with van der Waals surface area (Å²) in [5.74, 6) is 1.95. The van der Waals surface area contributed by atoms with Crippen LogP contribution in [0.15, 0.2) is 4.52 Å². The summed E-state index contributed by atoms with van der Waals surface area (Å²) in [4.78, 5) is 16.2. The molecule has 6 nitrogen and oxygen atoms in total. The molecule has 1 amide bonds. The lowest BCUT2D eigenvalue weighted by atomic mass is 9.92. The van der Waals surface area contributed by atoms with E-state index in [1.807, 2.05) is 0 Å². The van der Waals surface area contributed by atoms with Gasteiger partial charge >= 0.3 is 0 Å². The van der Waals surface area contributed by atoms with Gasteiger partial charge < -0.3 is 14.9 Å². The maximum Gasteiger partial charge on any atom is 0.226 e. The molecule has 2 aliphatic carbocycles. The highest BCUT2D eigenvalue weighted by atomic mass is 16.5. The van der Waals surface area contributed by atoms with Crippen molar-refractivity contribution >= 4 is 5.91 Å². The molecule has 1 aromatic rings. The second-order valence-electron chi connectivity index (χ2n) is 6.20. The average Bonchev–Trinajstić information content (AvgIpc) is 3.22. The van der Waals surface area contributed by atoms with Crippen LogP contribution in [0.25, 0.3) is 0 Å². The molecule has 0 aromatic carbocycles. The normalized spacial score (nSPS) is 25.8. The topological polar surface area (TPSA) is 88.2 Å². The number of hydrogen-bond donors (Lipinski definition) is 2. The van der Waals surface area contributed by atoms with Gasteiger partial charge in [0.2, 0.25) is 11.8 Å². The largest absolute Gasteiger partial charge is 0.391 e. The molecule has 6 heteroatoms. The summed E-state index contributed by atoms with van der Waals surface area (Å²) in [6.45, 7) is 0.